The summed E-state index contributed by atoms with van der Waals surface area (Å²) in [5.41, 5.74) is 0.138. The van der Waals surface area contributed by atoms with Crippen molar-refractivity contribution in [2.75, 3.05) is 13.1 Å². The molecule has 0 heterocycles. The number of rotatable bonds is 3. The summed E-state index contributed by atoms with van der Waals surface area (Å²) in [6.45, 7) is 2.43. The van der Waals surface area contributed by atoms with Crippen LogP contribution in [0.15, 0.2) is 18.2 Å². The molecule has 0 spiro atoms. The van der Waals surface area contributed by atoms with Gasteiger partial charge in [0.1, 0.15) is 5.82 Å². The lowest BCUT2D eigenvalue weighted by Gasteiger charge is -2.18. The van der Waals surface area contributed by atoms with Gasteiger partial charge in [0, 0.05) is 6.54 Å². The summed E-state index contributed by atoms with van der Waals surface area (Å²) in [5.74, 6) is 1.41. The molecule has 0 aliphatic rings. The Labute approximate surface area is 99.0 Å². The molecule has 0 aliphatic carbocycles. The third kappa shape index (κ3) is 2.53. The van der Waals surface area contributed by atoms with E-state index < -0.39 is 5.82 Å². The van der Waals surface area contributed by atoms with E-state index in [4.69, 9.17) is 18.0 Å². The molecule has 0 fully saturated rings. The van der Waals surface area contributed by atoms with E-state index in [-0.39, 0.29) is 23.0 Å². The standard InChI is InChI=1S/C12H11ClFNO/c1-3-8-15(4-2)12(16)9-6-5-7-10(14)11(9)13/h1,5-7H,4,8H2,2H3. The summed E-state index contributed by atoms with van der Waals surface area (Å²) in [6.07, 6.45) is 5.14. The van der Waals surface area contributed by atoms with E-state index in [0.717, 1.165) is 0 Å². The first kappa shape index (κ1) is 12.5. The number of terminal acetylenes is 1. The summed E-state index contributed by atoms with van der Waals surface area (Å²) in [6, 6.07) is 4.13. The molecule has 0 atom stereocenters. The van der Waals surface area contributed by atoms with Crippen molar-refractivity contribution in [2.45, 2.75) is 6.92 Å². The van der Waals surface area contributed by atoms with Gasteiger partial charge in [-0.1, -0.05) is 23.6 Å². The average Bonchev–Trinajstić information content (AvgIpc) is 2.29. The number of halogens is 2. The fourth-order valence-electron chi connectivity index (χ4n) is 1.28. The van der Waals surface area contributed by atoms with Crippen LogP contribution < -0.4 is 0 Å². The van der Waals surface area contributed by atoms with Gasteiger partial charge in [0.25, 0.3) is 5.91 Å². The summed E-state index contributed by atoms with van der Waals surface area (Å²) in [5, 5.41) is -0.164. The molecule has 0 saturated carbocycles. The maximum atomic E-state index is 13.1. The van der Waals surface area contributed by atoms with Crippen molar-refractivity contribution >= 4 is 17.5 Å². The van der Waals surface area contributed by atoms with Crippen molar-refractivity contribution in [3.63, 3.8) is 0 Å². The van der Waals surface area contributed by atoms with E-state index in [9.17, 15) is 9.18 Å². The summed E-state index contributed by atoms with van der Waals surface area (Å²) < 4.78 is 13.1. The number of hydrogen-bond donors (Lipinski definition) is 0. The molecule has 1 aromatic carbocycles. The monoisotopic (exact) mass is 239 g/mol. The number of amides is 1. The van der Waals surface area contributed by atoms with Gasteiger partial charge in [0.15, 0.2) is 0 Å². The van der Waals surface area contributed by atoms with E-state index in [1.807, 2.05) is 0 Å². The molecule has 0 aromatic heterocycles. The molecule has 84 valence electrons. The van der Waals surface area contributed by atoms with E-state index in [0.29, 0.717) is 6.54 Å². The molecule has 0 radical (unpaired) electrons. The Bertz CT molecular complexity index is 439. The molecular formula is C12H11ClFNO. The van der Waals surface area contributed by atoms with Gasteiger partial charge in [-0.15, -0.1) is 6.42 Å². The van der Waals surface area contributed by atoms with Crippen molar-refractivity contribution in [1.82, 2.24) is 4.90 Å². The maximum Gasteiger partial charge on any atom is 0.256 e. The number of hydrogen-bond acceptors (Lipinski definition) is 1. The predicted octanol–water partition coefficient (Wildman–Crippen LogP) is 2.57. The number of carbonyl (C=O) groups excluding carboxylic acids is 1. The maximum absolute atomic E-state index is 13.1. The lowest BCUT2D eigenvalue weighted by atomic mass is 10.2. The first-order valence-electron chi connectivity index (χ1n) is 4.78. The minimum Gasteiger partial charge on any atom is -0.328 e. The van der Waals surface area contributed by atoms with Crippen LogP contribution in [-0.4, -0.2) is 23.9 Å². The average molecular weight is 240 g/mol. The van der Waals surface area contributed by atoms with Crippen LogP contribution in [0.4, 0.5) is 4.39 Å². The Morgan fingerprint density at radius 3 is 2.88 bits per heavy atom. The van der Waals surface area contributed by atoms with Gasteiger partial charge in [-0.2, -0.15) is 0 Å². The van der Waals surface area contributed by atoms with Crippen LogP contribution in [0, 0.1) is 18.2 Å². The van der Waals surface area contributed by atoms with Crippen molar-refractivity contribution in [2.24, 2.45) is 0 Å². The first-order valence-corrected chi connectivity index (χ1v) is 5.16. The molecule has 2 nitrogen and oxygen atoms in total. The Balaban J connectivity index is 3.05. The molecule has 0 unspecified atom stereocenters. The van der Waals surface area contributed by atoms with Crippen LogP contribution in [0.5, 0.6) is 0 Å². The van der Waals surface area contributed by atoms with E-state index in [1.54, 1.807) is 6.92 Å². The minimum absolute atomic E-state index is 0.138. The zero-order valence-electron chi connectivity index (χ0n) is 8.84. The fourth-order valence-corrected chi connectivity index (χ4v) is 1.48. The van der Waals surface area contributed by atoms with Gasteiger partial charge >= 0.3 is 0 Å². The van der Waals surface area contributed by atoms with E-state index in [2.05, 4.69) is 5.92 Å². The highest BCUT2D eigenvalue weighted by Crippen LogP contribution is 2.20. The molecule has 0 N–H and O–H groups in total. The third-order valence-electron chi connectivity index (χ3n) is 2.13. The van der Waals surface area contributed by atoms with E-state index >= 15 is 0 Å². The Morgan fingerprint density at radius 1 is 1.62 bits per heavy atom. The van der Waals surface area contributed by atoms with Gasteiger partial charge in [0.2, 0.25) is 0 Å². The molecule has 16 heavy (non-hydrogen) atoms. The predicted molar refractivity (Wildman–Crippen MR) is 61.8 cm³/mol. The van der Waals surface area contributed by atoms with E-state index in [1.165, 1.54) is 23.1 Å². The van der Waals surface area contributed by atoms with Gasteiger partial charge < -0.3 is 4.90 Å². The Hall–Kier alpha value is -1.53. The minimum atomic E-state index is -0.607. The Morgan fingerprint density at radius 2 is 2.31 bits per heavy atom. The van der Waals surface area contributed by atoms with Crippen molar-refractivity contribution in [1.29, 1.82) is 0 Å². The lowest BCUT2D eigenvalue weighted by molar-refractivity contribution is 0.0784. The summed E-state index contributed by atoms with van der Waals surface area (Å²) in [4.78, 5) is 13.3. The zero-order valence-corrected chi connectivity index (χ0v) is 9.59. The van der Waals surface area contributed by atoms with Gasteiger partial charge in [-0.25, -0.2) is 4.39 Å². The number of benzene rings is 1. The second kappa shape index (κ2) is 5.53. The third-order valence-corrected chi connectivity index (χ3v) is 2.52. The van der Waals surface area contributed by atoms with Crippen LogP contribution in [-0.2, 0) is 0 Å². The van der Waals surface area contributed by atoms with Crippen LogP contribution in [0.1, 0.15) is 17.3 Å². The zero-order chi connectivity index (χ0) is 12.1. The molecule has 0 bridgehead atoms. The highest BCUT2D eigenvalue weighted by molar-refractivity contribution is 6.34. The van der Waals surface area contributed by atoms with Gasteiger partial charge in [-0.3, -0.25) is 4.79 Å². The SMILES string of the molecule is C#CCN(CC)C(=O)c1cccc(F)c1Cl. The van der Waals surface area contributed by atoms with Crippen LogP contribution in [0.3, 0.4) is 0 Å². The molecular weight excluding hydrogens is 229 g/mol. The van der Waals surface area contributed by atoms with Crippen LogP contribution in [0.25, 0.3) is 0 Å². The normalized spacial score (nSPS) is 9.62. The van der Waals surface area contributed by atoms with Crippen LogP contribution >= 0.6 is 11.6 Å². The molecule has 1 rings (SSSR count). The second-order valence-electron chi connectivity index (χ2n) is 3.12. The quantitative estimate of drug-likeness (QED) is 0.743. The van der Waals surface area contributed by atoms with Crippen molar-refractivity contribution < 1.29 is 9.18 Å². The lowest BCUT2D eigenvalue weighted by Crippen LogP contribution is -2.31. The number of carbonyl (C=O) groups is 1. The molecule has 0 saturated heterocycles. The number of nitrogens with zero attached hydrogens (tertiary/aromatic N) is 1. The smallest absolute Gasteiger partial charge is 0.256 e. The van der Waals surface area contributed by atoms with Crippen molar-refractivity contribution in [3.05, 3.63) is 34.6 Å². The highest BCUT2D eigenvalue weighted by Gasteiger charge is 2.17. The topological polar surface area (TPSA) is 20.3 Å². The summed E-state index contributed by atoms with van der Waals surface area (Å²) in [7, 11) is 0. The van der Waals surface area contributed by atoms with Crippen LogP contribution in [0.2, 0.25) is 5.02 Å². The highest BCUT2D eigenvalue weighted by atomic mass is 35.5. The molecule has 0 aliphatic heterocycles. The molecule has 1 aromatic rings. The summed E-state index contributed by atoms with van der Waals surface area (Å²) >= 11 is 5.72. The van der Waals surface area contributed by atoms with Crippen molar-refractivity contribution in [3.8, 4) is 12.3 Å². The molecule has 1 amide bonds. The molecule has 4 heteroatoms. The largest absolute Gasteiger partial charge is 0.328 e. The van der Waals surface area contributed by atoms with Gasteiger partial charge in [0.05, 0.1) is 17.1 Å². The first-order chi connectivity index (χ1) is 7.61. The second-order valence-corrected chi connectivity index (χ2v) is 3.50. The fraction of sp³-hybridized carbons (Fsp3) is 0.250. The van der Waals surface area contributed by atoms with Gasteiger partial charge in [-0.05, 0) is 19.1 Å². The Kier molecular flexibility index (Phi) is 4.33.